The van der Waals surface area contributed by atoms with Crippen LogP contribution < -0.4 is 24.3 Å². The molecule has 2 aromatic rings. The molecule has 25 heavy (non-hydrogen) atoms. The smallest absolute Gasteiger partial charge is 0.258 e. The fourth-order valence-corrected chi connectivity index (χ4v) is 2.53. The summed E-state index contributed by atoms with van der Waals surface area (Å²) >= 11 is 0. The lowest BCUT2D eigenvalue weighted by molar-refractivity contribution is 0.0948. The third-order valence-corrected chi connectivity index (χ3v) is 3.83. The van der Waals surface area contributed by atoms with E-state index in [-0.39, 0.29) is 5.91 Å². The van der Waals surface area contributed by atoms with E-state index in [1.807, 2.05) is 18.2 Å². The van der Waals surface area contributed by atoms with Crippen molar-refractivity contribution < 1.29 is 23.7 Å². The summed E-state index contributed by atoms with van der Waals surface area (Å²) in [6.45, 7) is 0.447. The Hall–Kier alpha value is -2.89. The van der Waals surface area contributed by atoms with Crippen LogP contribution in [0.5, 0.6) is 23.0 Å². The Bertz CT molecular complexity index is 707. The normalized spacial score (nSPS) is 10.1. The number of nitrogens with one attached hydrogen (secondary N) is 1. The highest BCUT2D eigenvalue weighted by molar-refractivity contribution is 5.99. The highest BCUT2D eigenvalue weighted by atomic mass is 16.5. The Morgan fingerprint density at radius 3 is 2.08 bits per heavy atom. The highest BCUT2D eigenvalue weighted by Crippen LogP contribution is 2.28. The van der Waals surface area contributed by atoms with Gasteiger partial charge in [-0.2, -0.15) is 0 Å². The maximum atomic E-state index is 12.5. The molecule has 134 valence electrons. The first-order valence-corrected chi connectivity index (χ1v) is 7.84. The zero-order valence-electron chi connectivity index (χ0n) is 14.9. The summed E-state index contributed by atoms with van der Waals surface area (Å²) in [6, 6.07) is 10.8. The van der Waals surface area contributed by atoms with E-state index in [0.29, 0.717) is 30.0 Å². The number of hydrogen-bond donors (Lipinski definition) is 1. The molecular weight excluding hydrogens is 322 g/mol. The standard InChI is InChI=1S/C19H23NO5/c1-22-14-9-8-13(17(12-14)25-4)10-11-20-19(21)18-15(23-2)6-5-7-16(18)24-3/h5-9,12H,10-11H2,1-4H3,(H,20,21). The number of ether oxygens (including phenoxy) is 4. The van der Waals surface area contributed by atoms with Crippen LogP contribution in [0.2, 0.25) is 0 Å². The fourth-order valence-electron chi connectivity index (χ4n) is 2.53. The van der Waals surface area contributed by atoms with Crippen molar-refractivity contribution in [3.05, 3.63) is 47.5 Å². The third-order valence-electron chi connectivity index (χ3n) is 3.83. The number of carbonyl (C=O) groups excluding carboxylic acids is 1. The minimum Gasteiger partial charge on any atom is -0.497 e. The average Bonchev–Trinajstić information content (AvgIpc) is 2.67. The van der Waals surface area contributed by atoms with Gasteiger partial charge in [0.25, 0.3) is 5.91 Å². The lowest BCUT2D eigenvalue weighted by Crippen LogP contribution is -2.26. The van der Waals surface area contributed by atoms with Crippen molar-refractivity contribution >= 4 is 5.91 Å². The van der Waals surface area contributed by atoms with Crippen LogP contribution in [-0.2, 0) is 6.42 Å². The van der Waals surface area contributed by atoms with Gasteiger partial charge in [-0.25, -0.2) is 0 Å². The van der Waals surface area contributed by atoms with Crippen molar-refractivity contribution in [2.24, 2.45) is 0 Å². The van der Waals surface area contributed by atoms with Gasteiger partial charge in [0.05, 0.1) is 28.4 Å². The first kappa shape index (κ1) is 18.4. The molecule has 0 spiro atoms. The number of benzene rings is 2. The molecule has 0 saturated carbocycles. The highest BCUT2D eigenvalue weighted by Gasteiger charge is 2.17. The second-order valence-corrected chi connectivity index (χ2v) is 5.22. The Labute approximate surface area is 147 Å². The zero-order chi connectivity index (χ0) is 18.2. The molecule has 6 heteroatoms. The van der Waals surface area contributed by atoms with Gasteiger partial charge < -0.3 is 24.3 Å². The van der Waals surface area contributed by atoms with Crippen molar-refractivity contribution in [1.29, 1.82) is 0 Å². The summed E-state index contributed by atoms with van der Waals surface area (Å²) in [5, 5.41) is 2.89. The molecule has 2 aromatic carbocycles. The van der Waals surface area contributed by atoms with Gasteiger partial charge in [0.2, 0.25) is 0 Å². The average molecular weight is 345 g/mol. The molecule has 2 rings (SSSR count). The maximum Gasteiger partial charge on any atom is 0.258 e. The summed E-state index contributed by atoms with van der Waals surface area (Å²) in [5.41, 5.74) is 1.37. The fraction of sp³-hybridized carbons (Fsp3) is 0.316. The monoisotopic (exact) mass is 345 g/mol. The van der Waals surface area contributed by atoms with Crippen LogP contribution in [0.3, 0.4) is 0 Å². The summed E-state index contributed by atoms with van der Waals surface area (Å²) in [7, 11) is 6.26. The molecule has 0 aliphatic heterocycles. The van der Waals surface area contributed by atoms with Gasteiger partial charge in [0.1, 0.15) is 28.6 Å². The predicted molar refractivity (Wildman–Crippen MR) is 95.1 cm³/mol. The Morgan fingerprint density at radius 1 is 0.880 bits per heavy atom. The molecule has 0 bridgehead atoms. The molecule has 0 radical (unpaired) electrons. The maximum absolute atomic E-state index is 12.5. The summed E-state index contributed by atoms with van der Waals surface area (Å²) in [4.78, 5) is 12.5. The minimum absolute atomic E-state index is 0.248. The Kier molecular flexibility index (Phi) is 6.51. The first-order valence-electron chi connectivity index (χ1n) is 7.84. The summed E-state index contributed by atoms with van der Waals surface area (Å²) in [6.07, 6.45) is 0.621. The predicted octanol–water partition coefficient (Wildman–Crippen LogP) is 2.69. The molecular formula is C19H23NO5. The lowest BCUT2D eigenvalue weighted by Gasteiger charge is -2.14. The molecule has 0 unspecified atom stereocenters. The largest absolute Gasteiger partial charge is 0.497 e. The van der Waals surface area contributed by atoms with E-state index in [9.17, 15) is 4.79 Å². The Balaban J connectivity index is 2.07. The Morgan fingerprint density at radius 2 is 1.52 bits per heavy atom. The van der Waals surface area contributed by atoms with Crippen LogP contribution in [0.4, 0.5) is 0 Å². The van der Waals surface area contributed by atoms with Gasteiger partial charge in [-0.1, -0.05) is 12.1 Å². The third kappa shape index (κ3) is 4.35. The van der Waals surface area contributed by atoms with E-state index in [0.717, 1.165) is 17.1 Å². The molecule has 0 aliphatic carbocycles. The molecule has 0 aliphatic rings. The molecule has 0 fully saturated rings. The van der Waals surface area contributed by atoms with Gasteiger partial charge in [-0.3, -0.25) is 4.79 Å². The SMILES string of the molecule is COc1ccc(CCNC(=O)c2c(OC)cccc2OC)c(OC)c1. The van der Waals surface area contributed by atoms with E-state index in [1.165, 1.54) is 14.2 Å². The van der Waals surface area contributed by atoms with Crippen molar-refractivity contribution in [2.45, 2.75) is 6.42 Å². The van der Waals surface area contributed by atoms with Crippen LogP contribution in [0.15, 0.2) is 36.4 Å². The van der Waals surface area contributed by atoms with Gasteiger partial charge in [-0.15, -0.1) is 0 Å². The zero-order valence-corrected chi connectivity index (χ0v) is 14.9. The van der Waals surface area contributed by atoms with Crippen LogP contribution in [-0.4, -0.2) is 40.9 Å². The van der Waals surface area contributed by atoms with Gasteiger partial charge in [0.15, 0.2) is 0 Å². The van der Waals surface area contributed by atoms with Crippen LogP contribution in [0.25, 0.3) is 0 Å². The number of amides is 1. The summed E-state index contributed by atoms with van der Waals surface area (Å²) in [5.74, 6) is 2.14. The number of methoxy groups -OCH3 is 4. The molecule has 0 saturated heterocycles. The quantitative estimate of drug-likeness (QED) is 0.797. The van der Waals surface area contributed by atoms with Crippen molar-refractivity contribution in [3.63, 3.8) is 0 Å². The van der Waals surface area contributed by atoms with E-state index in [1.54, 1.807) is 32.4 Å². The molecule has 0 heterocycles. The van der Waals surface area contributed by atoms with Crippen LogP contribution in [0.1, 0.15) is 15.9 Å². The molecule has 6 nitrogen and oxygen atoms in total. The summed E-state index contributed by atoms with van der Waals surface area (Å²) < 4.78 is 21.1. The number of hydrogen-bond acceptors (Lipinski definition) is 5. The van der Waals surface area contributed by atoms with E-state index >= 15 is 0 Å². The van der Waals surface area contributed by atoms with Crippen molar-refractivity contribution in [1.82, 2.24) is 5.32 Å². The van der Waals surface area contributed by atoms with Crippen molar-refractivity contribution in [3.8, 4) is 23.0 Å². The molecule has 1 amide bonds. The molecule has 0 atom stereocenters. The minimum atomic E-state index is -0.248. The lowest BCUT2D eigenvalue weighted by atomic mass is 10.1. The second-order valence-electron chi connectivity index (χ2n) is 5.22. The number of carbonyl (C=O) groups is 1. The topological polar surface area (TPSA) is 66.0 Å². The van der Waals surface area contributed by atoms with Gasteiger partial charge >= 0.3 is 0 Å². The first-order chi connectivity index (χ1) is 12.1. The van der Waals surface area contributed by atoms with Gasteiger partial charge in [0, 0.05) is 12.6 Å². The molecule has 0 aromatic heterocycles. The second kappa shape index (κ2) is 8.82. The van der Waals surface area contributed by atoms with E-state index in [2.05, 4.69) is 5.32 Å². The molecule has 1 N–H and O–H groups in total. The van der Waals surface area contributed by atoms with E-state index in [4.69, 9.17) is 18.9 Å². The van der Waals surface area contributed by atoms with Crippen LogP contribution in [0, 0.1) is 0 Å². The number of rotatable bonds is 8. The van der Waals surface area contributed by atoms with Gasteiger partial charge in [-0.05, 0) is 30.2 Å². The van der Waals surface area contributed by atoms with E-state index < -0.39 is 0 Å². The van der Waals surface area contributed by atoms with Crippen LogP contribution >= 0.6 is 0 Å². The van der Waals surface area contributed by atoms with Crippen molar-refractivity contribution in [2.75, 3.05) is 35.0 Å².